The number of aliphatic carboxylic acids is 1. The minimum Gasteiger partial charge on any atom is -0.480 e. The third-order valence-corrected chi connectivity index (χ3v) is 7.62. The van der Waals surface area contributed by atoms with E-state index in [1.54, 1.807) is 0 Å². The number of fused-ring (bicyclic) bond motifs is 3. The van der Waals surface area contributed by atoms with Crippen molar-refractivity contribution >= 4 is 18.0 Å². The van der Waals surface area contributed by atoms with Gasteiger partial charge in [0.25, 0.3) is 0 Å². The maximum atomic E-state index is 12.9. The number of hydrogen-bond donors (Lipinski definition) is 3. The number of benzene rings is 2. The van der Waals surface area contributed by atoms with Crippen LogP contribution in [0.15, 0.2) is 48.5 Å². The first-order valence-electron chi connectivity index (χ1n) is 12.5. The van der Waals surface area contributed by atoms with Crippen molar-refractivity contribution in [2.45, 2.75) is 51.5 Å². The largest absolute Gasteiger partial charge is 0.480 e. The summed E-state index contributed by atoms with van der Waals surface area (Å²) in [4.78, 5) is 37.0. The summed E-state index contributed by atoms with van der Waals surface area (Å²) in [6.07, 6.45) is 2.53. The molecule has 2 aliphatic rings. The number of carbonyl (C=O) groups is 3. The fourth-order valence-electron chi connectivity index (χ4n) is 5.43. The standard InChI is InChI=1S/C28H34N2O5/c1-3-17(2)25(27(32)33)30-26(31)19-14-8-9-18(19)15-29-28(34)35-16-24-22-12-6-4-10-20(22)21-11-5-7-13-23(21)24/h4-7,10-13,17-19,24-25H,3,8-9,14-16H2,1-2H3,(H,29,34)(H,30,31)(H,32,33)/t17?,18-,19-,25+/m1/s1. The van der Waals surface area contributed by atoms with Gasteiger partial charge in [-0.3, -0.25) is 4.79 Å². The van der Waals surface area contributed by atoms with Gasteiger partial charge in [-0.1, -0.05) is 75.2 Å². The molecule has 4 atom stereocenters. The van der Waals surface area contributed by atoms with Gasteiger partial charge >= 0.3 is 12.1 Å². The fourth-order valence-corrected chi connectivity index (χ4v) is 5.43. The first kappa shape index (κ1) is 24.8. The van der Waals surface area contributed by atoms with Gasteiger partial charge in [0, 0.05) is 18.4 Å². The zero-order valence-corrected chi connectivity index (χ0v) is 20.3. The smallest absolute Gasteiger partial charge is 0.407 e. The molecule has 2 aromatic rings. The zero-order chi connectivity index (χ0) is 24.9. The average molecular weight is 479 g/mol. The Morgan fingerprint density at radius 3 is 2.26 bits per heavy atom. The molecule has 2 amide bonds. The van der Waals surface area contributed by atoms with E-state index in [0.717, 1.165) is 24.0 Å². The van der Waals surface area contributed by atoms with Gasteiger partial charge in [-0.2, -0.15) is 0 Å². The van der Waals surface area contributed by atoms with Crippen molar-refractivity contribution < 1.29 is 24.2 Å². The molecule has 2 aliphatic carbocycles. The third-order valence-electron chi connectivity index (χ3n) is 7.62. The van der Waals surface area contributed by atoms with Crippen molar-refractivity contribution in [3.8, 4) is 11.1 Å². The number of nitrogens with one attached hydrogen (secondary N) is 2. The van der Waals surface area contributed by atoms with Gasteiger partial charge in [0.15, 0.2) is 0 Å². The minimum absolute atomic E-state index is 0.00772. The van der Waals surface area contributed by atoms with Crippen LogP contribution in [0.2, 0.25) is 0 Å². The molecule has 0 spiro atoms. The molecule has 186 valence electrons. The summed E-state index contributed by atoms with van der Waals surface area (Å²) in [6.45, 7) is 4.30. The molecule has 7 heteroatoms. The molecule has 1 unspecified atom stereocenters. The van der Waals surface area contributed by atoms with Gasteiger partial charge < -0.3 is 20.5 Å². The molecule has 0 radical (unpaired) electrons. The van der Waals surface area contributed by atoms with Crippen LogP contribution in [0.5, 0.6) is 0 Å². The third kappa shape index (κ3) is 5.34. The van der Waals surface area contributed by atoms with Crippen molar-refractivity contribution in [2.24, 2.45) is 17.8 Å². The lowest BCUT2D eigenvalue weighted by Gasteiger charge is -2.25. The SMILES string of the molecule is CCC(C)[C@H](NC(=O)[C@@H]1CCC[C@@H]1CNC(=O)OCC1c2ccccc2-c2ccccc21)C(=O)O. The first-order chi connectivity index (χ1) is 16.9. The Labute approximate surface area is 206 Å². The Bertz CT molecular complexity index is 1040. The number of carboxylic acid groups (broad SMARTS) is 1. The van der Waals surface area contributed by atoms with Gasteiger partial charge in [-0.15, -0.1) is 0 Å². The number of hydrogen-bond acceptors (Lipinski definition) is 4. The Kier molecular flexibility index (Phi) is 7.73. The van der Waals surface area contributed by atoms with E-state index in [2.05, 4.69) is 34.9 Å². The van der Waals surface area contributed by atoms with Crippen molar-refractivity contribution in [1.82, 2.24) is 10.6 Å². The van der Waals surface area contributed by atoms with Crippen molar-refractivity contribution in [3.63, 3.8) is 0 Å². The van der Waals surface area contributed by atoms with E-state index in [0.29, 0.717) is 19.4 Å². The molecular formula is C28H34N2O5. The van der Waals surface area contributed by atoms with Crippen LogP contribution >= 0.6 is 0 Å². The van der Waals surface area contributed by atoms with E-state index in [1.807, 2.05) is 38.1 Å². The Hall–Kier alpha value is -3.35. The molecule has 35 heavy (non-hydrogen) atoms. The predicted molar refractivity (Wildman–Crippen MR) is 133 cm³/mol. The number of carbonyl (C=O) groups excluding carboxylic acids is 2. The van der Waals surface area contributed by atoms with Crippen molar-refractivity contribution in [3.05, 3.63) is 59.7 Å². The lowest BCUT2D eigenvalue weighted by atomic mass is 9.93. The van der Waals surface area contributed by atoms with Gasteiger partial charge in [0.05, 0.1) is 0 Å². The molecule has 1 saturated carbocycles. The number of alkyl carbamates (subject to hydrolysis) is 1. The molecule has 0 aromatic heterocycles. The summed E-state index contributed by atoms with van der Waals surface area (Å²) in [6, 6.07) is 15.5. The highest BCUT2D eigenvalue weighted by atomic mass is 16.5. The minimum atomic E-state index is -1.01. The summed E-state index contributed by atoms with van der Waals surface area (Å²) in [7, 11) is 0. The van der Waals surface area contributed by atoms with Crippen LogP contribution in [0.3, 0.4) is 0 Å². The Morgan fingerprint density at radius 1 is 1.03 bits per heavy atom. The summed E-state index contributed by atoms with van der Waals surface area (Å²) in [5.41, 5.74) is 4.66. The predicted octanol–water partition coefficient (Wildman–Crippen LogP) is 4.56. The van der Waals surface area contributed by atoms with E-state index >= 15 is 0 Å². The number of rotatable bonds is 9. The maximum Gasteiger partial charge on any atom is 0.407 e. The summed E-state index contributed by atoms with van der Waals surface area (Å²) < 4.78 is 5.61. The monoisotopic (exact) mass is 478 g/mol. The second kappa shape index (κ2) is 10.9. The van der Waals surface area contributed by atoms with Crippen molar-refractivity contribution in [2.75, 3.05) is 13.2 Å². The van der Waals surface area contributed by atoms with Crippen molar-refractivity contribution in [1.29, 1.82) is 0 Å². The van der Waals surface area contributed by atoms with Crippen LogP contribution in [0.4, 0.5) is 4.79 Å². The van der Waals surface area contributed by atoms with E-state index in [-0.39, 0.29) is 36.2 Å². The van der Waals surface area contributed by atoms with E-state index in [9.17, 15) is 19.5 Å². The van der Waals surface area contributed by atoms with E-state index in [1.165, 1.54) is 11.1 Å². The Balaban J connectivity index is 1.31. The van der Waals surface area contributed by atoms with E-state index in [4.69, 9.17) is 4.74 Å². The second-order valence-electron chi connectivity index (χ2n) is 9.71. The lowest BCUT2D eigenvalue weighted by Crippen LogP contribution is -2.48. The molecule has 4 rings (SSSR count). The fraction of sp³-hybridized carbons (Fsp3) is 0.464. The summed E-state index contributed by atoms with van der Waals surface area (Å²) >= 11 is 0. The van der Waals surface area contributed by atoms with Gasteiger partial charge in [-0.25, -0.2) is 9.59 Å². The van der Waals surface area contributed by atoms with Gasteiger partial charge in [-0.05, 0) is 46.9 Å². The number of amides is 2. The number of ether oxygens (including phenoxy) is 1. The molecule has 0 saturated heterocycles. The average Bonchev–Trinajstić information content (AvgIpc) is 3.47. The van der Waals surface area contributed by atoms with Crippen LogP contribution < -0.4 is 10.6 Å². The normalized spacial score (nSPS) is 20.4. The van der Waals surface area contributed by atoms with Crippen LogP contribution in [0.25, 0.3) is 11.1 Å². The maximum absolute atomic E-state index is 12.9. The van der Waals surface area contributed by atoms with Crippen LogP contribution in [0.1, 0.15) is 56.6 Å². The topological polar surface area (TPSA) is 105 Å². The molecule has 3 N–H and O–H groups in total. The molecule has 0 aliphatic heterocycles. The summed E-state index contributed by atoms with van der Waals surface area (Å²) in [5, 5.41) is 15.1. The van der Waals surface area contributed by atoms with Crippen LogP contribution in [-0.4, -0.2) is 42.3 Å². The molecule has 0 bridgehead atoms. The molecule has 2 aromatic carbocycles. The quantitative estimate of drug-likeness (QED) is 0.490. The number of carboxylic acids is 1. The van der Waals surface area contributed by atoms with Gasteiger partial charge in [0.1, 0.15) is 12.6 Å². The molecule has 1 fully saturated rings. The zero-order valence-electron chi connectivity index (χ0n) is 20.3. The molecular weight excluding hydrogens is 444 g/mol. The summed E-state index contributed by atoms with van der Waals surface area (Å²) in [5.74, 6) is -1.77. The Morgan fingerprint density at radius 2 is 1.66 bits per heavy atom. The highest BCUT2D eigenvalue weighted by molar-refractivity contribution is 5.85. The first-order valence-corrected chi connectivity index (χ1v) is 12.5. The lowest BCUT2D eigenvalue weighted by molar-refractivity contribution is -0.144. The second-order valence-corrected chi connectivity index (χ2v) is 9.71. The highest BCUT2D eigenvalue weighted by Gasteiger charge is 2.36. The highest BCUT2D eigenvalue weighted by Crippen LogP contribution is 2.44. The van der Waals surface area contributed by atoms with Crippen LogP contribution in [0, 0.1) is 17.8 Å². The molecule has 0 heterocycles. The van der Waals surface area contributed by atoms with Crippen LogP contribution in [-0.2, 0) is 14.3 Å². The molecule has 7 nitrogen and oxygen atoms in total. The van der Waals surface area contributed by atoms with E-state index < -0.39 is 18.1 Å². The van der Waals surface area contributed by atoms with Gasteiger partial charge in [0.2, 0.25) is 5.91 Å².